The summed E-state index contributed by atoms with van der Waals surface area (Å²) in [6.07, 6.45) is 6.54. The smallest absolute Gasteiger partial charge is 0.0953 e. The van der Waals surface area contributed by atoms with E-state index in [0.717, 1.165) is 24.8 Å². The Labute approximate surface area is 115 Å². The fourth-order valence-corrected chi connectivity index (χ4v) is 2.66. The standard InChI is InChI=1S/C17H23NO/c1-4-12-9-13(5-2)16(14(6-3)10-12)17(18)15-7-8-19-11-15/h7-11,17H,4-6,18H2,1-3H3. The quantitative estimate of drug-likeness (QED) is 0.878. The number of aryl methyl sites for hydroxylation is 3. The monoisotopic (exact) mass is 257 g/mol. The summed E-state index contributed by atoms with van der Waals surface area (Å²) in [6, 6.07) is 6.47. The summed E-state index contributed by atoms with van der Waals surface area (Å²) < 4.78 is 5.17. The Morgan fingerprint density at radius 3 is 2.11 bits per heavy atom. The summed E-state index contributed by atoms with van der Waals surface area (Å²) in [5.74, 6) is 0. The molecule has 2 aromatic rings. The van der Waals surface area contributed by atoms with Crippen LogP contribution in [-0.4, -0.2) is 0 Å². The first-order valence-corrected chi connectivity index (χ1v) is 7.13. The van der Waals surface area contributed by atoms with Gasteiger partial charge in [0.25, 0.3) is 0 Å². The van der Waals surface area contributed by atoms with Crippen LogP contribution in [0.25, 0.3) is 0 Å². The number of hydrogen-bond donors (Lipinski definition) is 1. The molecule has 2 N–H and O–H groups in total. The normalized spacial score (nSPS) is 12.6. The van der Waals surface area contributed by atoms with E-state index in [2.05, 4.69) is 32.9 Å². The second-order valence-electron chi connectivity index (χ2n) is 4.92. The van der Waals surface area contributed by atoms with Crippen LogP contribution in [-0.2, 0) is 19.3 Å². The van der Waals surface area contributed by atoms with Crippen molar-refractivity contribution in [3.63, 3.8) is 0 Å². The van der Waals surface area contributed by atoms with Crippen LogP contribution in [0.15, 0.2) is 35.1 Å². The molecule has 1 aromatic carbocycles. The van der Waals surface area contributed by atoms with Crippen LogP contribution >= 0.6 is 0 Å². The Hall–Kier alpha value is -1.54. The van der Waals surface area contributed by atoms with E-state index < -0.39 is 0 Å². The first kappa shape index (κ1) is 13.9. The molecule has 0 saturated heterocycles. The van der Waals surface area contributed by atoms with Crippen LogP contribution < -0.4 is 5.73 Å². The van der Waals surface area contributed by atoms with Crippen LogP contribution in [0.5, 0.6) is 0 Å². The molecule has 1 unspecified atom stereocenters. The van der Waals surface area contributed by atoms with E-state index in [4.69, 9.17) is 10.2 Å². The van der Waals surface area contributed by atoms with Crippen LogP contribution in [0.4, 0.5) is 0 Å². The molecule has 2 heteroatoms. The van der Waals surface area contributed by atoms with Gasteiger partial charge in [-0.25, -0.2) is 0 Å². The summed E-state index contributed by atoms with van der Waals surface area (Å²) in [7, 11) is 0. The molecule has 2 rings (SSSR count). The molecule has 1 heterocycles. The molecule has 0 aliphatic carbocycles. The maximum absolute atomic E-state index is 6.45. The lowest BCUT2D eigenvalue weighted by atomic mass is 9.87. The van der Waals surface area contributed by atoms with E-state index in [-0.39, 0.29) is 6.04 Å². The fraction of sp³-hybridized carbons (Fsp3) is 0.412. The van der Waals surface area contributed by atoms with Gasteiger partial charge in [-0.2, -0.15) is 0 Å². The molecule has 0 radical (unpaired) electrons. The van der Waals surface area contributed by atoms with Gasteiger partial charge in [-0.1, -0.05) is 32.9 Å². The maximum Gasteiger partial charge on any atom is 0.0953 e. The summed E-state index contributed by atoms with van der Waals surface area (Å²) in [4.78, 5) is 0. The van der Waals surface area contributed by atoms with Crippen molar-refractivity contribution < 1.29 is 4.42 Å². The molecule has 0 aliphatic heterocycles. The van der Waals surface area contributed by atoms with E-state index >= 15 is 0 Å². The van der Waals surface area contributed by atoms with Gasteiger partial charge in [-0.05, 0) is 47.6 Å². The highest BCUT2D eigenvalue weighted by Crippen LogP contribution is 2.29. The lowest BCUT2D eigenvalue weighted by molar-refractivity contribution is 0.561. The molecule has 0 spiro atoms. The second kappa shape index (κ2) is 6.07. The van der Waals surface area contributed by atoms with E-state index in [1.807, 2.05) is 6.07 Å². The van der Waals surface area contributed by atoms with Gasteiger partial charge in [-0.3, -0.25) is 0 Å². The largest absolute Gasteiger partial charge is 0.472 e. The third-order valence-electron chi connectivity index (χ3n) is 3.79. The van der Waals surface area contributed by atoms with Crippen LogP contribution in [0, 0.1) is 0 Å². The number of benzene rings is 1. The third kappa shape index (κ3) is 2.74. The van der Waals surface area contributed by atoms with Crippen molar-refractivity contribution in [2.24, 2.45) is 5.73 Å². The molecule has 1 atom stereocenters. The minimum atomic E-state index is -0.0884. The molecule has 0 bridgehead atoms. The van der Waals surface area contributed by atoms with Gasteiger partial charge in [0, 0.05) is 5.56 Å². The fourth-order valence-electron chi connectivity index (χ4n) is 2.66. The molecule has 1 aromatic heterocycles. The third-order valence-corrected chi connectivity index (χ3v) is 3.79. The molecule has 2 nitrogen and oxygen atoms in total. The average Bonchev–Trinajstić information content (AvgIpc) is 2.99. The average molecular weight is 257 g/mol. The molecule has 0 amide bonds. The number of hydrogen-bond acceptors (Lipinski definition) is 2. The highest BCUT2D eigenvalue weighted by molar-refractivity contribution is 5.45. The van der Waals surface area contributed by atoms with Gasteiger partial charge in [0.2, 0.25) is 0 Å². The summed E-state index contributed by atoms with van der Waals surface area (Å²) in [5, 5.41) is 0. The van der Waals surface area contributed by atoms with Gasteiger partial charge >= 0.3 is 0 Å². The van der Waals surface area contributed by atoms with Crippen LogP contribution in [0.3, 0.4) is 0 Å². The molecular weight excluding hydrogens is 234 g/mol. The summed E-state index contributed by atoms with van der Waals surface area (Å²) in [5.41, 5.74) is 12.9. The molecule has 0 saturated carbocycles. The lowest BCUT2D eigenvalue weighted by Crippen LogP contribution is -2.16. The van der Waals surface area contributed by atoms with Crippen molar-refractivity contribution in [3.8, 4) is 0 Å². The lowest BCUT2D eigenvalue weighted by Gasteiger charge is -2.20. The first-order chi connectivity index (χ1) is 9.21. The topological polar surface area (TPSA) is 39.2 Å². The predicted octanol–water partition coefficient (Wildman–Crippen LogP) is 4.01. The number of furan rings is 1. The zero-order chi connectivity index (χ0) is 13.8. The van der Waals surface area contributed by atoms with Crippen molar-refractivity contribution >= 4 is 0 Å². The maximum atomic E-state index is 6.45. The van der Waals surface area contributed by atoms with Crippen molar-refractivity contribution in [1.82, 2.24) is 0 Å². The van der Waals surface area contributed by atoms with E-state index in [1.54, 1.807) is 12.5 Å². The Balaban J connectivity index is 2.54. The van der Waals surface area contributed by atoms with Gasteiger partial charge in [0.05, 0.1) is 18.6 Å². The zero-order valence-corrected chi connectivity index (χ0v) is 12.1. The minimum Gasteiger partial charge on any atom is -0.472 e. The molecule has 102 valence electrons. The van der Waals surface area contributed by atoms with E-state index in [0.29, 0.717) is 0 Å². The van der Waals surface area contributed by atoms with Gasteiger partial charge in [0.1, 0.15) is 0 Å². The van der Waals surface area contributed by atoms with E-state index in [1.165, 1.54) is 22.3 Å². The van der Waals surface area contributed by atoms with Gasteiger partial charge in [-0.15, -0.1) is 0 Å². The highest BCUT2D eigenvalue weighted by atomic mass is 16.3. The predicted molar refractivity (Wildman–Crippen MR) is 79.3 cm³/mol. The Morgan fingerprint density at radius 1 is 1.05 bits per heavy atom. The second-order valence-corrected chi connectivity index (χ2v) is 4.92. The highest BCUT2D eigenvalue weighted by Gasteiger charge is 2.17. The molecule has 0 fully saturated rings. The molecule has 19 heavy (non-hydrogen) atoms. The van der Waals surface area contributed by atoms with Crippen molar-refractivity contribution in [1.29, 1.82) is 0 Å². The van der Waals surface area contributed by atoms with Crippen LogP contribution in [0.2, 0.25) is 0 Å². The Kier molecular flexibility index (Phi) is 4.43. The zero-order valence-electron chi connectivity index (χ0n) is 12.1. The van der Waals surface area contributed by atoms with Crippen LogP contribution in [0.1, 0.15) is 54.6 Å². The van der Waals surface area contributed by atoms with Crippen molar-refractivity contribution in [2.75, 3.05) is 0 Å². The number of rotatable bonds is 5. The summed E-state index contributed by atoms with van der Waals surface area (Å²) >= 11 is 0. The number of nitrogens with two attached hydrogens (primary N) is 1. The van der Waals surface area contributed by atoms with Gasteiger partial charge in [0.15, 0.2) is 0 Å². The van der Waals surface area contributed by atoms with Gasteiger partial charge < -0.3 is 10.2 Å². The first-order valence-electron chi connectivity index (χ1n) is 7.13. The minimum absolute atomic E-state index is 0.0884. The SMILES string of the molecule is CCc1cc(CC)c(C(N)c2ccoc2)c(CC)c1. The Morgan fingerprint density at radius 2 is 1.68 bits per heavy atom. The molecule has 0 aliphatic rings. The summed E-state index contributed by atoms with van der Waals surface area (Å²) in [6.45, 7) is 6.59. The molecular formula is C17H23NO. The Bertz CT molecular complexity index is 503. The van der Waals surface area contributed by atoms with E-state index in [9.17, 15) is 0 Å². The van der Waals surface area contributed by atoms with Crippen molar-refractivity contribution in [3.05, 3.63) is 58.5 Å². The van der Waals surface area contributed by atoms with Crippen molar-refractivity contribution in [2.45, 2.75) is 46.1 Å².